The van der Waals surface area contributed by atoms with Crippen LogP contribution in [0.3, 0.4) is 0 Å². The smallest absolute Gasteiger partial charge is 0.0659 e. The van der Waals surface area contributed by atoms with Crippen LogP contribution in [0.15, 0.2) is 24.3 Å². The monoisotopic (exact) mass is 344 g/mol. The summed E-state index contributed by atoms with van der Waals surface area (Å²) < 4.78 is 0. The van der Waals surface area contributed by atoms with Gasteiger partial charge in [0.25, 0.3) is 0 Å². The molecule has 2 nitrogen and oxygen atoms in total. The molecule has 1 unspecified atom stereocenters. The van der Waals surface area contributed by atoms with Crippen LogP contribution in [0, 0.1) is 0 Å². The van der Waals surface area contributed by atoms with Crippen molar-refractivity contribution in [3.63, 3.8) is 0 Å². The molecule has 0 N–H and O–H groups in total. The lowest BCUT2D eigenvalue weighted by molar-refractivity contribution is 0.442. The minimum atomic E-state index is 0.220. The fourth-order valence-corrected chi connectivity index (χ4v) is 3.94. The lowest BCUT2D eigenvalue weighted by Gasteiger charge is -2.25. The molecule has 0 bridgehead atoms. The van der Waals surface area contributed by atoms with Gasteiger partial charge in [0.15, 0.2) is 0 Å². The third-order valence-corrected chi connectivity index (χ3v) is 6.62. The van der Waals surface area contributed by atoms with Crippen molar-refractivity contribution in [1.29, 1.82) is 0 Å². The van der Waals surface area contributed by atoms with Crippen LogP contribution in [0.5, 0.6) is 0 Å². The van der Waals surface area contributed by atoms with Crippen LogP contribution in [0.25, 0.3) is 0 Å². The van der Waals surface area contributed by atoms with Gasteiger partial charge in [-0.1, -0.05) is 48.5 Å². The molecule has 0 spiro atoms. The first-order valence-corrected chi connectivity index (χ1v) is 9.96. The summed E-state index contributed by atoms with van der Waals surface area (Å²) in [4.78, 5) is 2.99. The summed E-state index contributed by atoms with van der Waals surface area (Å²) in [5.41, 5.74) is 2.41. The Hall–Kier alpha value is -1.22. The molecule has 132 valence electrons. The van der Waals surface area contributed by atoms with Crippen molar-refractivity contribution in [3.05, 3.63) is 45.4 Å². The Morgan fingerprint density at radius 1 is 0.875 bits per heavy atom. The zero-order valence-corrected chi connectivity index (χ0v) is 17.1. The molecule has 1 atom stereocenters. The van der Waals surface area contributed by atoms with E-state index in [2.05, 4.69) is 82.9 Å². The van der Waals surface area contributed by atoms with Crippen LogP contribution in [-0.2, 0) is 5.41 Å². The van der Waals surface area contributed by atoms with Gasteiger partial charge in [0.05, 0.1) is 11.4 Å². The third kappa shape index (κ3) is 4.66. The molecule has 0 aliphatic heterocycles. The number of hydrogen-bond acceptors (Lipinski definition) is 3. The Balaban J connectivity index is 1.99. The molecule has 0 saturated carbocycles. The van der Waals surface area contributed by atoms with E-state index in [4.69, 9.17) is 0 Å². The highest BCUT2D eigenvalue weighted by Crippen LogP contribution is 2.37. The van der Waals surface area contributed by atoms with Gasteiger partial charge in [-0.25, -0.2) is 0 Å². The summed E-state index contributed by atoms with van der Waals surface area (Å²) >= 11 is 1.97. The van der Waals surface area contributed by atoms with E-state index in [1.807, 2.05) is 11.3 Å². The molecule has 0 aliphatic rings. The predicted molar refractivity (Wildman–Crippen MR) is 105 cm³/mol. The van der Waals surface area contributed by atoms with Crippen molar-refractivity contribution < 1.29 is 0 Å². The zero-order valence-electron chi connectivity index (χ0n) is 16.3. The third-order valence-electron chi connectivity index (χ3n) is 4.87. The molecule has 0 aliphatic carbocycles. The normalized spacial score (nSPS) is 13.7. The average molecular weight is 345 g/mol. The molecule has 0 radical (unpaired) electrons. The second-order valence-corrected chi connectivity index (χ2v) is 9.33. The first-order valence-electron chi connectivity index (χ1n) is 9.14. The van der Waals surface area contributed by atoms with Crippen molar-refractivity contribution in [2.45, 2.75) is 84.5 Å². The highest BCUT2D eigenvalue weighted by atomic mass is 32.1. The minimum Gasteiger partial charge on any atom is -0.155 e. The summed E-state index contributed by atoms with van der Waals surface area (Å²) in [5.74, 6) is 1.51. The lowest BCUT2D eigenvalue weighted by atomic mass is 9.83. The lowest BCUT2D eigenvalue weighted by Crippen LogP contribution is -2.16. The standard InChI is InChI=1S/C21H32N2S/c1-14(2)17-8-9-18(23-22-17)16(5)12-13-21(6,7)20-11-10-19(24-20)15(3)4/h8-11,14-16H,12-13H2,1-7H3. The fraction of sp³-hybridized carbons (Fsp3) is 0.619. The van der Waals surface area contributed by atoms with Gasteiger partial charge in [0, 0.05) is 15.7 Å². The van der Waals surface area contributed by atoms with Crippen molar-refractivity contribution in [2.24, 2.45) is 0 Å². The van der Waals surface area contributed by atoms with Gasteiger partial charge in [-0.05, 0) is 54.4 Å². The van der Waals surface area contributed by atoms with Gasteiger partial charge < -0.3 is 0 Å². The van der Waals surface area contributed by atoms with Crippen LogP contribution < -0.4 is 0 Å². The van der Waals surface area contributed by atoms with E-state index >= 15 is 0 Å². The maximum absolute atomic E-state index is 4.45. The summed E-state index contributed by atoms with van der Waals surface area (Å²) in [6.07, 6.45) is 2.30. The second-order valence-electron chi connectivity index (χ2n) is 8.22. The van der Waals surface area contributed by atoms with Crippen LogP contribution in [0.2, 0.25) is 0 Å². The summed E-state index contributed by atoms with van der Waals surface area (Å²) in [6.45, 7) is 15.8. The highest BCUT2D eigenvalue weighted by Gasteiger charge is 2.24. The number of hydrogen-bond donors (Lipinski definition) is 0. The Morgan fingerprint density at radius 2 is 1.50 bits per heavy atom. The predicted octanol–water partition coefficient (Wildman–Crippen LogP) is 6.65. The van der Waals surface area contributed by atoms with E-state index in [1.165, 1.54) is 16.2 Å². The zero-order chi connectivity index (χ0) is 17.9. The fourth-order valence-electron chi connectivity index (χ4n) is 2.80. The van der Waals surface area contributed by atoms with Gasteiger partial charge in [-0.3, -0.25) is 0 Å². The summed E-state index contributed by atoms with van der Waals surface area (Å²) in [6, 6.07) is 8.90. The molecule has 2 heterocycles. The first kappa shape index (κ1) is 19.1. The molecule has 2 aromatic heterocycles. The highest BCUT2D eigenvalue weighted by molar-refractivity contribution is 7.12. The largest absolute Gasteiger partial charge is 0.155 e. The van der Waals surface area contributed by atoms with Gasteiger partial charge in [0.2, 0.25) is 0 Å². The minimum absolute atomic E-state index is 0.220. The van der Waals surface area contributed by atoms with Crippen LogP contribution in [0.4, 0.5) is 0 Å². The van der Waals surface area contributed by atoms with E-state index in [1.54, 1.807) is 0 Å². The molecule has 2 rings (SSSR count). The van der Waals surface area contributed by atoms with Crippen LogP contribution in [-0.4, -0.2) is 10.2 Å². The Kier molecular flexibility index (Phi) is 6.19. The first-order chi connectivity index (χ1) is 11.2. The van der Waals surface area contributed by atoms with Crippen molar-refractivity contribution in [1.82, 2.24) is 10.2 Å². The molecule has 0 amide bonds. The number of thiophene rings is 1. The molecule has 0 saturated heterocycles. The van der Waals surface area contributed by atoms with E-state index in [0.717, 1.165) is 17.8 Å². The molecular weight excluding hydrogens is 312 g/mol. The topological polar surface area (TPSA) is 25.8 Å². The Bertz CT molecular complexity index is 638. The average Bonchev–Trinajstić information content (AvgIpc) is 3.04. The van der Waals surface area contributed by atoms with Gasteiger partial charge in [-0.15, -0.1) is 11.3 Å². The molecule has 3 heteroatoms. The molecule has 2 aromatic rings. The Labute approximate surface area is 151 Å². The maximum atomic E-state index is 4.45. The molecule has 0 fully saturated rings. The van der Waals surface area contributed by atoms with E-state index in [9.17, 15) is 0 Å². The van der Waals surface area contributed by atoms with E-state index < -0.39 is 0 Å². The van der Waals surface area contributed by atoms with E-state index in [-0.39, 0.29) is 5.41 Å². The summed E-state index contributed by atoms with van der Waals surface area (Å²) in [5, 5.41) is 8.83. The van der Waals surface area contributed by atoms with Crippen LogP contribution in [0.1, 0.15) is 100 Å². The number of aromatic nitrogens is 2. The van der Waals surface area contributed by atoms with Crippen molar-refractivity contribution >= 4 is 11.3 Å². The van der Waals surface area contributed by atoms with Crippen molar-refractivity contribution in [2.75, 3.05) is 0 Å². The van der Waals surface area contributed by atoms with Gasteiger partial charge in [-0.2, -0.15) is 10.2 Å². The van der Waals surface area contributed by atoms with Gasteiger partial charge >= 0.3 is 0 Å². The SMILES string of the molecule is CC(C)c1ccc(C(C)CCC(C)(C)c2ccc(C(C)C)s2)nn1. The van der Waals surface area contributed by atoms with E-state index in [0.29, 0.717) is 17.8 Å². The maximum Gasteiger partial charge on any atom is 0.0659 e. The van der Waals surface area contributed by atoms with Gasteiger partial charge in [0.1, 0.15) is 0 Å². The molecular formula is C21H32N2S. The second kappa shape index (κ2) is 7.77. The molecule has 0 aromatic carbocycles. The molecule has 24 heavy (non-hydrogen) atoms. The van der Waals surface area contributed by atoms with Crippen LogP contribution >= 0.6 is 11.3 Å². The Morgan fingerprint density at radius 3 is 2.00 bits per heavy atom. The number of rotatable bonds is 7. The summed E-state index contributed by atoms with van der Waals surface area (Å²) in [7, 11) is 0. The number of nitrogens with zero attached hydrogens (tertiary/aromatic N) is 2. The van der Waals surface area contributed by atoms with Crippen molar-refractivity contribution in [3.8, 4) is 0 Å². The quantitative estimate of drug-likeness (QED) is 0.562.